The smallest absolute Gasteiger partial charge is 0.262 e. The molecule has 0 spiro atoms. The van der Waals surface area contributed by atoms with Crippen LogP contribution < -0.4 is 14.8 Å². The first kappa shape index (κ1) is 15.4. The van der Waals surface area contributed by atoms with E-state index in [0.717, 1.165) is 5.56 Å². The second kappa shape index (κ2) is 6.29. The Kier molecular flexibility index (Phi) is 4.20. The van der Waals surface area contributed by atoms with E-state index in [0.29, 0.717) is 23.5 Å². The van der Waals surface area contributed by atoms with Gasteiger partial charge in [0.2, 0.25) is 10.0 Å². The van der Waals surface area contributed by atoms with Crippen LogP contribution in [0.1, 0.15) is 5.56 Å². The van der Waals surface area contributed by atoms with Gasteiger partial charge in [0.15, 0.2) is 6.61 Å². The summed E-state index contributed by atoms with van der Waals surface area (Å²) in [6.45, 7) is -0.0326. The molecular formula is C16H16N2O4S. The number of aryl methyl sites for hydroxylation is 1. The van der Waals surface area contributed by atoms with Crippen molar-refractivity contribution in [2.45, 2.75) is 6.42 Å². The van der Waals surface area contributed by atoms with Crippen LogP contribution in [-0.4, -0.2) is 26.7 Å². The van der Waals surface area contributed by atoms with Gasteiger partial charge in [0.1, 0.15) is 5.75 Å². The highest BCUT2D eigenvalue weighted by Crippen LogP contribution is 2.30. The standard InChI is InChI=1S/C16H16N2O4S/c19-16-11-22-15-7-6-13(10-14(15)17-16)18-23(20,21)9-8-12-4-2-1-3-5-12/h1-7,10,18H,8-9,11H2,(H,17,19). The Balaban J connectivity index is 1.68. The van der Waals surface area contributed by atoms with Crippen LogP contribution in [0, 0.1) is 0 Å². The molecule has 6 nitrogen and oxygen atoms in total. The van der Waals surface area contributed by atoms with E-state index < -0.39 is 10.0 Å². The summed E-state index contributed by atoms with van der Waals surface area (Å²) < 4.78 is 32.1. The Hall–Kier alpha value is -2.54. The highest BCUT2D eigenvalue weighted by atomic mass is 32.2. The van der Waals surface area contributed by atoms with Crippen molar-refractivity contribution in [2.75, 3.05) is 22.4 Å². The minimum atomic E-state index is -3.48. The average molecular weight is 332 g/mol. The predicted molar refractivity (Wildman–Crippen MR) is 88.1 cm³/mol. The molecule has 0 radical (unpaired) electrons. The highest BCUT2D eigenvalue weighted by molar-refractivity contribution is 7.92. The highest BCUT2D eigenvalue weighted by Gasteiger charge is 2.17. The number of hydrogen-bond donors (Lipinski definition) is 2. The van der Waals surface area contributed by atoms with Gasteiger partial charge < -0.3 is 10.1 Å². The molecule has 1 heterocycles. The summed E-state index contributed by atoms with van der Waals surface area (Å²) in [4.78, 5) is 11.3. The van der Waals surface area contributed by atoms with Crippen LogP contribution in [0.2, 0.25) is 0 Å². The lowest BCUT2D eigenvalue weighted by molar-refractivity contribution is -0.118. The molecule has 2 aromatic carbocycles. The molecule has 0 bridgehead atoms. The van der Waals surface area contributed by atoms with Crippen LogP contribution in [-0.2, 0) is 21.2 Å². The van der Waals surface area contributed by atoms with E-state index in [1.165, 1.54) is 0 Å². The number of benzene rings is 2. The topological polar surface area (TPSA) is 84.5 Å². The number of nitrogens with one attached hydrogen (secondary N) is 2. The lowest BCUT2D eigenvalue weighted by atomic mass is 10.2. The zero-order chi connectivity index (χ0) is 16.3. The predicted octanol–water partition coefficient (Wildman–Crippen LogP) is 2.00. The fourth-order valence-electron chi connectivity index (χ4n) is 2.27. The van der Waals surface area contributed by atoms with Gasteiger partial charge in [0, 0.05) is 0 Å². The molecule has 1 aliphatic rings. The average Bonchev–Trinajstić information content (AvgIpc) is 2.53. The number of fused-ring (bicyclic) bond motifs is 1. The summed E-state index contributed by atoms with van der Waals surface area (Å²) in [5, 5.41) is 2.65. The maximum absolute atomic E-state index is 12.2. The summed E-state index contributed by atoms with van der Waals surface area (Å²) in [7, 11) is -3.48. The summed E-state index contributed by atoms with van der Waals surface area (Å²) in [5.41, 5.74) is 1.82. The van der Waals surface area contributed by atoms with Crippen LogP contribution in [0.3, 0.4) is 0 Å². The number of ether oxygens (including phenoxy) is 1. The van der Waals surface area contributed by atoms with Crippen molar-refractivity contribution in [3.05, 3.63) is 54.1 Å². The fourth-order valence-corrected chi connectivity index (χ4v) is 3.37. The maximum Gasteiger partial charge on any atom is 0.262 e. The van der Waals surface area contributed by atoms with Crippen molar-refractivity contribution in [3.63, 3.8) is 0 Å². The van der Waals surface area contributed by atoms with Crippen molar-refractivity contribution in [3.8, 4) is 5.75 Å². The summed E-state index contributed by atoms with van der Waals surface area (Å²) >= 11 is 0. The molecule has 1 aliphatic heterocycles. The normalized spacial score (nSPS) is 13.7. The molecule has 0 saturated carbocycles. The van der Waals surface area contributed by atoms with Crippen LogP contribution in [0.25, 0.3) is 0 Å². The van der Waals surface area contributed by atoms with Crippen molar-refractivity contribution in [1.29, 1.82) is 0 Å². The number of carbonyl (C=O) groups is 1. The molecule has 1 amide bonds. The Labute approximate surface area is 134 Å². The van der Waals surface area contributed by atoms with E-state index in [1.54, 1.807) is 18.2 Å². The third-order valence-electron chi connectivity index (χ3n) is 3.39. The SMILES string of the molecule is O=C1COc2ccc(NS(=O)(=O)CCc3ccccc3)cc2N1. The van der Waals surface area contributed by atoms with Gasteiger partial charge in [0.25, 0.3) is 5.91 Å². The van der Waals surface area contributed by atoms with Gasteiger partial charge in [-0.3, -0.25) is 9.52 Å². The number of sulfonamides is 1. The van der Waals surface area contributed by atoms with Crippen molar-refractivity contribution >= 4 is 27.3 Å². The molecule has 23 heavy (non-hydrogen) atoms. The number of anilines is 2. The molecular weight excluding hydrogens is 316 g/mol. The molecule has 0 atom stereocenters. The lowest BCUT2D eigenvalue weighted by Crippen LogP contribution is -2.25. The zero-order valence-electron chi connectivity index (χ0n) is 12.3. The van der Waals surface area contributed by atoms with Gasteiger partial charge in [0.05, 0.1) is 17.1 Å². The summed E-state index contributed by atoms with van der Waals surface area (Å²) in [6, 6.07) is 14.2. The third kappa shape index (κ3) is 4.01. The fraction of sp³-hybridized carbons (Fsp3) is 0.188. The molecule has 120 valence electrons. The maximum atomic E-state index is 12.2. The quantitative estimate of drug-likeness (QED) is 0.877. The van der Waals surface area contributed by atoms with E-state index in [2.05, 4.69) is 10.0 Å². The third-order valence-corrected chi connectivity index (χ3v) is 4.68. The molecule has 0 unspecified atom stereocenters. The molecule has 0 aliphatic carbocycles. The molecule has 0 aromatic heterocycles. The summed E-state index contributed by atoms with van der Waals surface area (Å²) in [5.74, 6) is 0.246. The van der Waals surface area contributed by atoms with E-state index in [4.69, 9.17) is 4.74 Å². The van der Waals surface area contributed by atoms with Gasteiger partial charge in [-0.2, -0.15) is 0 Å². The zero-order valence-corrected chi connectivity index (χ0v) is 13.1. The second-order valence-corrected chi connectivity index (χ2v) is 7.05. The number of amides is 1. The van der Waals surface area contributed by atoms with Crippen LogP contribution in [0.5, 0.6) is 5.75 Å². The van der Waals surface area contributed by atoms with Gasteiger partial charge in [-0.1, -0.05) is 30.3 Å². The minimum Gasteiger partial charge on any atom is -0.482 e. The Morgan fingerprint density at radius 2 is 1.91 bits per heavy atom. The first-order valence-corrected chi connectivity index (χ1v) is 8.78. The first-order valence-electron chi connectivity index (χ1n) is 7.13. The Morgan fingerprint density at radius 3 is 2.70 bits per heavy atom. The Morgan fingerprint density at radius 1 is 1.13 bits per heavy atom. The second-order valence-electron chi connectivity index (χ2n) is 5.20. The molecule has 0 saturated heterocycles. The van der Waals surface area contributed by atoms with Crippen LogP contribution in [0.4, 0.5) is 11.4 Å². The monoisotopic (exact) mass is 332 g/mol. The van der Waals surface area contributed by atoms with E-state index in [-0.39, 0.29) is 18.3 Å². The van der Waals surface area contributed by atoms with Gasteiger partial charge in [-0.15, -0.1) is 0 Å². The van der Waals surface area contributed by atoms with E-state index >= 15 is 0 Å². The molecule has 2 N–H and O–H groups in total. The summed E-state index contributed by atoms with van der Waals surface area (Å²) in [6.07, 6.45) is 0.432. The van der Waals surface area contributed by atoms with E-state index in [9.17, 15) is 13.2 Å². The lowest BCUT2D eigenvalue weighted by Gasteiger charge is -2.18. The minimum absolute atomic E-state index is 0.0169. The largest absolute Gasteiger partial charge is 0.482 e. The van der Waals surface area contributed by atoms with Gasteiger partial charge >= 0.3 is 0 Å². The first-order chi connectivity index (χ1) is 11.0. The van der Waals surface area contributed by atoms with Crippen molar-refractivity contribution < 1.29 is 17.9 Å². The molecule has 0 fully saturated rings. The van der Waals surface area contributed by atoms with Crippen molar-refractivity contribution in [2.24, 2.45) is 0 Å². The van der Waals surface area contributed by atoms with Gasteiger partial charge in [-0.05, 0) is 30.2 Å². The van der Waals surface area contributed by atoms with Gasteiger partial charge in [-0.25, -0.2) is 8.42 Å². The Bertz CT molecular complexity index is 819. The molecule has 3 rings (SSSR count). The molecule has 7 heteroatoms. The molecule has 2 aromatic rings. The number of carbonyl (C=O) groups excluding carboxylic acids is 1. The van der Waals surface area contributed by atoms with Crippen molar-refractivity contribution in [1.82, 2.24) is 0 Å². The van der Waals surface area contributed by atoms with Crippen LogP contribution in [0.15, 0.2) is 48.5 Å². The number of rotatable bonds is 5. The van der Waals surface area contributed by atoms with Crippen LogP contribution >= 0.6 is 0 Å². The van der Waals surface area contributed by atoms with E-state index in [1.807, 2.05) is 30.3 Å². The number of hydrogen-bond acceptors (Lipinski definition) is 4.